The maximum absolute atomic E-state index is 13.4. The molecular formula is C24H31N3O4. The average molecular weight is 426 g/mol. The topological polar surface area (TPSA) is 99.5 Å². The summed E-state index contributed by atoms with van der Waals surface area (Å²) in [6.07, 6.45) is 3.95. The highest BCUT2D eigenvalue weighted by molar-refractivity contribution is 5.95. The molecule has 1 aliphatic carbocycles. The van der Waals surface area contributed by atoms with Gasteiger partial charge in [0.25, 0.3) is 5.91 Å². The number of ether oxygens (including phenoxy) is 1. The van der Waals surface area contributed by atoms with Crippen LogP contribution >= 0.6 is 0 Å². The molecule has 31 heavy (non-hydrogen) atoms. The minimum Gasteiger partial charge on any atom is -0.469 e. The van der Waals surface area contributed by atoms with Crippen molar-refractivity contribution in [2.75, 3.05) is 20.2 Å². The van der Waals surface area contributed by atoms with Crippen molar-refractivity contribution in [1.29, 1.82) is 5.26 Å². The van der Waals surface area contributed by atoms with E-state index in [0.717, 1.165) is 25.7 Å². The smallest absolute Gasteiger partial charge is 0.305 e. The number of carbonyl (C=O) groups is 3. The van der Waals surface area contributed by atoms with Crippen molar-refractivity contribution >= 4 is 17.8 Å². The first-order valence-electron chi connectivity index (χ1n) is 10.9. The maximum atomic E-state index is 13.4. The fourth-order valence-electron chi connectivity index (χ4n) is 4.44. The van der Waals surface area contributed by atoms with Crippen LogP contribution in [0.5, 0.6) is 0 Å². The number of amides is 2. The van der Waals surface area contributed by atoms with Crippen molar-refractivity contribution in [3.05, 3.63) is 35.4 Å². The molecule has 1 saturated heterocycles. The van der Waals surface area contributed by atoms with E-state index in [-0.39, 0.29) is 35.7 Å². The van der Waals surface area contributed by atoms with Crippen LogP contribution in [0.15, 0.2) is 24.3 Å². The number of methoxy groups -OCH3 is 1. The number of nitrogens with one attached hydrogen (secondary N) is 1. The molecule has 1 saturated carbocycles. The zero-order valence-electron chi connectivity index (χ0n) is 18.5. The third-order valence-corrected chi connectivity index (χ3v) is 6.57. The Morgan fingerprint density at radius 1 is 1.16 bits per heavy atom. The highest BCUT2D eigenvalue weighted by atomic mass is 16.5. The number of nitriles is 1. The van der Waals surface area contributed by atoms with Crippen LogP contribution in [0.3, 0.4) is 0 Å². The molecule has 166 valence electrons. The predicted molar refractivity (Wildman–Crippen MR) is 115 cm³/mol. The number of carbonyl (C=O) groups excluding carboxylic acids is 3. The maximum Gasteiger partial charge on any atom is 0.305 e. The number of hydrogen-bond donors (Lipinski definition) is 1. The van der Waals surface area contributed by atoms with Crippen LogP contribution in [0.4, 0.5) is 0 Å². The van der Waals surface area contributed by atoms with Gasteiger partial charge < -0.3 is 15.0 Å². The van der Waals surface area contributed by atoms with Crippen molar-refractivity contribution in [2.45, 2.75) is 52.0 Å². The highest BCUT2D eigenvalue weighted by Gasteiger charge is 2.48. The van der Waals surface area contributed by atoms with E-state index >= 15 is 0 Å². The van der Waals surface area contributed by atoms with Gasteiger partial charge in [0.15, 0.2) is 0 Å². The van der Waals surface area contributed by atoms with Crippen LogP contribution in [0.25, 0.3) is 0 Å². The molecule has 0 spiro atoms. The van der Waals surface area contributed by atoms with E-state index in [4.69, 9.17) is 10.00 Å². The molecule has 7 nitrogen and oxygen atoms in total. The summed E-state index contributed by atoms with van der Waals surface area (Å²) >= 11 is 0. The first kappa shape index (κ1) is 22.8. The van der Waals surface area contributed by atoms with Crippen LogP contribution in [-0.2, 0) is 14.3 Å². The average Bonchev–Trinajstić information content (AvgIpc) is 3.62. The lowest BCUT2D eigenvalue weighted by Crippen LogP contribution is -2.55. The quantitative estimate of drug-likeness (QED) is 0.677. The van der Waals surface area contributed by atoms with Gasteiger partial charge in [0.2, 0.25) is 5.91 Å². The molecule has 1 aromatic carbocycles. The van der Waals surface area contributed by atoms with E-state index in [9.17, 15) is 14.4 Å². The van der Waals surface area contributed by atoms with Crippen LogP contribution < -0.4 is 5.32 Å². The summed E-state index contributed by atoms with van der Waals surface area (Å²) in [7, 11) is 1.40. The molecule has 1 heterocycles. The first-order valence-corrected chi connectivity index (χ1v) is 10.9. The molecule has 7 heteroatoms. The minimum absolute atomic E-state index is 0.0426. The number of piperidine rings is 1. The Morgan fingerprint density at radius 2 is 1.77 bits per heavy atom. The van der Waals surface area contributed by atoms with E-state index in [1.807, 2.05) is 24.8 Å². The van der Waals surface area contributed by atoms with Gasteiger partial charge in [0.1, 0.15) is 0 Å². The van der Waals surface area contributed by atoms with Crippen molar-refractivity contribution in [1.82, 2.24) is 10.2 Å². The van der Waals surface area contributed by atoms with Gasteiger partial charge in [0, 0.05) is 31.1 Å². The number of hydrogen-bond acceptors (Lipinski definition) is 5. The van der Waals surface area contributed by atoms with Crippen LogP contribution in [-0.4, -0.2) is 48.9 Å². The summed E-state index contributed by atoms with van der Waals surface area (Å²) in [5.74, 6) is 0.151. The number of nitrogens with zero attached hydrogens (tertiary/aromatic N) is 2. The van der Waals surface area contributed by atoms with Crippen LogP contribution in [0.2, 0.25) is 0 Å². The largest absolute Gasteiger partial charge is 0.469 e. The van der Waals surface area contributed by atoms with Crippen molar-refractivity contribution in [3.8, 4) is 6.07 Å². The van der Waals surface area contributed by atoms with E-state index in [0.29, 0.717) is 30.6 Å². The van der Waals surface area contributed by atoms with Gasteiger partial charge in [-0.15, -0.1) is 0 Å². The van der Waals surface area contributed by atoms with E-state index in [1.54, 1.807) is 24.3 Å². The summed E-state index contributed by atoms with van der Waals surface area (Å²) in [6, 6.07) is 8.31. The van der Waals surface area contributed by atoms with Gasteiger partial charge in [-0.3, -0.25) is 14.4 Å². The Balaban J connectivity index is 1.64. The Morgan fingerprint density at radius 3 is 2.29 bits per heavy atom. The van der Waals surface area contributed by atoms with Gasteiger partial charge in [-0.25, -0.2) is 0 Å². The second-order valence-corrected chi connectivity index (χ2v) is 9.22. The Labute approximate surface area is 183 Å². The molecule has 1 atom stereocenters. The van der Waals surface area contributed by atoms with E-state index in [1.165, 1.54) is 7.11 Å². The lowest BCUT2D eigenvalue weighted by molar-refractivity contribution is -0.144. The fourth-order valence-corrected chi connectivity index (χ4v) is 4.44. The Hall–Kier alpha value is -2.88. The molecule has 1 aromatic rings. The SMILES string of the molecule is COC(=O)CC1CCN(C(=O)C(C)(C)C(NC(=O)c2ccc(C#N)cc2)C2CC2)CC1. The summed E-state index contributed by atoms with van der Waals surface area (Å²) in [5, 5.41) is 12.0. The van der Waals surface area contributed by atoms with E-state index < -0.39 is 5.41 Å². The van der Waals surface area contributed by atoms with Crippen molar-refractivity contribution < 1.29 is 19.1 Å². The summed E-state index contributed by atoms with van der Waals surface area (Å²) in [5.41, 5.74) is 0.247. The summed E-state index contributed by atoms with van der Waals surface area (Å²) < 4.78 is 4.76. The number of likely N-dealkylation sites (tertiary alicyclic amines) is 1. The molecule has 3 rings (SSSR count). The Bertz CT molecular complexity index is 860. The molecule has 2 amide bonds. The minimum atomic E-state index is -0.737. The molecule has 0 aromatic heterocycles. The molecule has 1 aliphatic heterocycles. The van der Waals surface area contributed by atoms with Gasteiger partial charge in [-0.1, -0.05) is 0 Å². The molecule has 2 aliphatic rings. The van der Waals surface area contributed by atoms with Gasteiger partial charge in [-0.05, 0) is 75.6 Å². The third-order valence-electron chi connectivity index (χ3n) is 6.57. The van der Waals surface area contributed by atoms with Gasteiger partial charge >= 0.3 is 5.97 Å². The van der Waals surface area contributed by atoms with Crippen molar-refractivity contribution in [3.63, 3.8) is 0 Å². The highest BCUT2D eigenvalue weighted by Crippen LogP contribution is 2.42. The summed E-state index contributed by atoms with van der Waals surface area (Å²) in [6.45, 7) is 5.06. The normalized spacial score (nSPS) is 18.1. The molecule has 1 N–H and O–H groups in total. The van der Waals surface area contributed by atoms with Crippen LogP contribution in [0.1, 0.15) is 61.9 Å². The third kappa shape index (κ3) is 5.43. The molecular weight excluding hydrogens is 394 g/mol. The lowest BCUT2D eigenvalue weighted by atomic mass is 9.79. The van der Waals surface area contributed by atoms with Gasteiger partial charge in [-0.2, -0.15) is 5.26 Å². The molecule has 2 fully saturated rings. The van der Waals surface area contributed by atoms with E-state index in [2.05, 4.69) is 5.32 Å². The Kier molecular flexibility index (Phi) is 6.99. The standard InChI is InChI=1S/C24H31N3O4/c1-24(2,23(30)27-12-10-16(11-13-27)14-20(28)31-3)21(18-8-9-18)26-22(29)19-6-4-17(15-25)5-7-19/h4-7,16,18,21H,8-14H2,1-3H3,(H,26,29). The zero-order chi connectivity index (χ0) is 22.6. The zero-order valence-corrected chi connectivity index (χ0v) is 18.5. The summed E-state index contributed by atoms with van der Waals surface area (Å²) in [4.78, 5) is 39.7. The first-order chi connectivity index (χ1) is 14.8. The monoisotopic (exact) mass is 425 g/mol. The predicted octanol–water partition coefficient (Wildman–Crippen LogP) is 2.89. The molecule has 0 radical (unpaired) electrons. The second kappa shape index (κ2) is 9.51. The fraction of sp³-hybridized carbons (Fsp3) is 0.583. The molecule has 0 bridgehead atoms. The number of esters is 1. The van der Waals surface area contributed by atoms with Gasteiger partial charge in [0.05, 0.1) is 24.2 Å². The molecule has 1 unspecified atom stereocenters. The number of rotatable bonds is 7. The van der Waals surface area contributed by atoms with Crippen molar-refractivity contribution in [2.24, 2.45) is 17.3 Å². The lowest BCUT2D eigenvalue weighted by Gasteiger charge is -2.40. The van der Waals surface area contributed by atoms with Crippen LogP contribution in [0, 0.1) is 28.6 Å². The number of benzene rings is 1. The second-order valence-electron chi connectivity index (χ2n) is 9.22.